The van der Waals surface area contributed by atoms with Gasteiger partial charge in [0.1, 0.15) is 0 Å². The summed E-state index contributed by atoms with van der Waals surface area (Å²) in [6, 6.07) is 0. The van der Waals surface area contributed by atoms with Crippen LogP contribution in [0.2, 0.25) is 0 Å². The molecule has 0 amide bonds. The molecule has 3 heteroatoms. The summed E-state index contributed by atoms with van der Waals surface area (Å²) in [4.78, 5) is 0. The monoisotopic (exact) mass is 656 g/mol. The average Bonchev–Trinajstić information content (AvgIpc) is 2.97. The van der Waals surface area contributed by atoms with Crippen LogP contribution >= 0.6 is 16.4 Å². The van der Waals surface area contributed by atoms with Crippen LogP contribution in [0.4, 0.5) is 0 Å². The van der Waals surface area contributed by atoms with E-state index in [1.807, 2.05) is 0 Å². The van der Waals surface area contributed by atoms with E-state index in [0.29, 0.717) is 21.7 Å². The van der Waals surface area contributed by atoms with Crippen molar-refractivity contribution in [3.05, 3.63) is 43.4 Å². The molecule has 2 aromatic heterocycles. The van der Waals surface area contributed by atoms with Crippen molar-refractivity contribution in [2.75, 3.05) is 0 Å². The second kappa shape index (κ2) is 10.4. The van der Waals surface area contributed by atoms with E-state index in [-0.39, 0.29) is 27.3 Å². The molecule has 0 N–H and O–H groups in total. The molecular weight excluding hydrogens is 605 g/mol. The number of rotatable bonds is 0. The van der Waals surface area contributed by atoms with Crippen LogP contribution in [-0.2, 0) is 21.7 Å². The van der Waals surface area contributed by atoms with Gasteiger partial charge in [0, 0.05) is 10.6 Å². The van der Waals surface area contributed by atoms with Crippen molar-refractivity contribution in [1.82, 2.24) is 0 Å². The molecule has 0 nitrogen and oxygen atoms in total. The van der Waals surface area contributed by atoms with Crippen LogP contribution < -0.4 is 0 Å². The molecule has 0 fully saturated rings. The van der Waals surface area contributed by atoms with Gasteiger partial charge in [0.2, 0.25) is 0 Å². The third kappa shape index (κ3) is 7.75. The van der Waals surface area contributed by atoms with Crippen molar-refractivity contribution in [3.63, 3.8) is 0 Å². The molecule has 0 unspecified atom stereocenters. The van der Waals surface area contributed by atoms with Crippen molar-refractivity contribution < 1.29 is 0 Å². The smallest absolute Gasteiger partial charge is 0.150 e. The Hall–Kier alpha value is 0.482. The van der Waals surface area contributed by atoms with E-state index >= 15 is 0 Å². The van der Waals surface area contributed by atoms with Gasteiger partial charge in [0.15, 0.2) is 0 Å². The molecule has 0 aliphatic rings. The van der Waals surface area contributed by atoms with Gasteiger partial charge in [-0.15, -0.1) is 11.1 Å². The fourth-order valence-electron chi connectivity index (χ4n) is 4.38. The standard InChI is InChI=1S/2C14H25P.Pb/c2*1-9-10(2)12(14(6,7)8)15-11(9)13(3,4)5;/h2*15H,1-8H3;/q;;+2. The van der Waals surface area contributed by atoms with Crippen LogP contribution in [0.25, 0.3) is 0 Å². The Morgan fingerprint density at radius 3 is 0.806 bits per heavy atom. The summed E-state index contributed by atoms with van der Waals surface area (Å²) in [7, 11) is 1.83. The number of hydrogen-bond acceptors (Lipinski definition) is 0. The van der Waals surface area contributed by atoms with Gasteiger partial charge in [-0.2, -0.15) is 11.1 Å². The van der Waals surface area contributed by atoms with Crippen LogP contribution in [0.5, 0.6) is 0 Å². The first-order valence-electron chi connectivity index (χ1n) is 11.5. The molecule has 0 aliphatic heterocycles. The zero-order chi connectivity index (χ0) is 24.0. The van der Waals surface area contributed by atoms with Crippen LogP contribution in [0.3, 0.4) is 0 Å². The van der Waals surface area contributed by atoms with Gasteiger partial charge in [-0.3, -0.25) is 0 Å². The molecule has 0 aliphatic carbocycles. The molecule has 2 rings (SSSR count). The quantitative estimate of drug-likeness (QED) is 0.196. The third-order valence-electron chi connectivity index (χ3n) is 6.12. The van der Waals surface area contributed by atoms with E-state index in [4.69, 9.17) is 0 Å². The molecule has 2 heterocycles. The minimum atomic E-state index is 0. The summed E-state index contributed by atoms with van der Waals surface area (Å²) in [6.07, 6.45) is 0. The summed E-state index contributed by atoms with van der Waals surface area (Å²) in [5, 5.41) is 6.63. The first-order chi connectivity index (χ1) is 13.1. The Balaban J connectivity index is 0.000000562. The summed E-state index contributed by atoms with van der Waals surface area (Å²) in [5.41, 5.74) is 7.51. The van der Waals surface area contributed by atoms with E-state index in [2.05, 4.69) is 111 Å². The van der Waals surface area contributed by atoms with Crippen LogP contribution in [-0.4, -0.2) is 27.3 Å². The molecule has 0 saturated heterocycles. The largest absolute Gasteiger partial charge is 2.00 e. The molecule has 2 radical (unpaired) electrons. The van der Waals surface area contributed by atoms with Crippen molar-refractivity contribution in [3.8, 4) is 0 Å². The molecule has 0 bridgehead atoms. The van der Waals surface area contributed by atoms with Gasteiger partial charge in [0.05, 0.1) is 0 Å². The molecule has 31 heavy (non-hydrogen) atoms. The molecule has 174 valence electrons. The van der Waals surface area contributed by atoms with E-state index in [0.717, 1.165) is 16.4 Å². The van der Waals surface area contributed by atoms with E-state index < -0.39 is 0 Å². The Labute approximate surface area is 218 Å². The van der Waals surface area contributed by atoms with Gasteiger partial charge in [-0.1, -0.05) is 111 Å². The topological polar surface area (TPSA) is 0 Å². The SMILES string of the molecule is Cc1c(C(C)(C)C)[pH+][c-](C(C)(C)C)c1C.Cc1c(C(C)(C)C)[pH+][c-](C(C)(C)C)c1C.[Pb+2]. The second-order valence-corrected chi connectivity index (χ2v) is 15.8. The Morgan fingerprint density at radius 1 is 0.484 bits per heavy atom. The molecule has 0 atom stereocenters. The van der Waals surface area contributed by atoms with Crippen LogP contribution in [0, 0.1) is 27.7 Å². The normalized spacial score (nSPS) is 13.4. The Kier molecular flexibility index (Phi) is 10.6. The molecule has 0 saturated carbocycles. The second-order valence-electron chi connectivity index (χ2n) is 13.2. The van der Waals surface area contributed by atoms with Gasteiger partial charge in [-0.25, -0.2) is 0 Å². The maximum absolute atomic E-state index is 2.33. The van der Waals surface area contributed by atoms with Crippen molar-refractivity contribution in [1.29, 1.82) is 0 Å². The van der Waals surface area contributed by atoms with E-state index in [1.165, 1.54) is 0 Å². The van der Waals surface area contributed by atoms with Gasteiger partial charge < -0.3 is 0 Å². The molecule has 0 aromatic carbocycles. The maximum Gasteiger partial charge on any atom is 2.00 e. The van der Waals surface area contributed by atoms with Gasteiger partial charge in [0.25, 0.3) is 0 Å². The predicted octanol–water partition coefficient (Wildman–Crippen LogP) is 9.48. The van der Waals surface area contributed by atoms with Crippen LogP contribution in [0.15, 0.2) is 0 Å². The fraction of sp³-hybridized carbons (Fsp3) is 0.714. The maximum atomic E-state index is 2.33. The summed E-state index contributed by atoms with van der Waals surface area (Å²) in [5.74, 6) is 0. The summed E-state index contributed by atoms with van der Waals surface area (Å²) in [6.45, 7) is 37.1. The number of hydrogen-bond donors (Lipinski definition) is 0. The van der Waals surface area contributed by atoms with E-state index in [9.17, 15) is 0 Å². The Morgan fingerprint density at radius 2 is 0.710 bits per heavy atom. The third-order valence-corrected chi connectivity index (χ3v) is 11.6. The van der Waals surface area contributed by atoms with Crippen molar-refractivity contribution in [2.45, 2.75) is 132 Å². The first-order valence-corrected chi connectivity index (χ1v) is 13.5. The summed E-state index contributed by atoms with van der Waals surface area (Å²) >= 11 is 0. The van der Waals surface area contributed by atoms with Crippen molar-refractivity contribution in [2.24, 2.45) is 0 Å². The fourth-order valence-corrected chi connectivity index (χ4v) is 7.88. The molecule has 2 aromatic rings. The average molecular weight is 656 g/mol. The molecular formula is C28H50P2Pb+2. The van der Waals surface area contributed by atoms with Crippen molar-refractivity contribution >= 4 is 43.7 Å². The molecule has 0 spiro atoms. The van der Waals surface area contributed by atoms with Gasteiger partial charge >= 0.3 is 27.3 Å². The van der Waals surface area contributed by atoms with Crippen LogP contribution in [0.1, 0.15) is 127 Å². The first kappa shape index (κ1) is 31.5. The minimum Gasteiger partial charge on any atom is -0.150 e. The zero-order valence-electron chi connectivity index (χ0n) is 23.5. The Bertz CT molecular complexity index is 723. The zero-order valence-corrected chi connectivity index (χ0v) is 29.4. The summed E-state index contributed by atoms with van der Waals surface area (Å²) < 4.78 is 0. The van der Waals surface area contributed by atoms with Gasteiger partial charge in [-0.05, 0) is 48.6 Å². The van der Waals surface area contributed by atoms with E-state index in [1.54, 1.807) is 43.4 Å². The minimum absolute atomic E-state index is 0. The predicted molar refractivity (Wildman–Crippen MR) is 151 cm³/mol.